The average molecular weight is 337 g/mol. The molecule has 2 nitrogen and oxygen atoms in total. The van der Waals surface area contributed by atoms with E-state index in [-0.39, 0.29) is 17.3 Å². The lowest BCUT2D eigenvalue weighted by molar-refractivity contribution is 0.0934. The minimum absolute atomic E-state index is 0.00972. The molecule has 2 rings (SSSR count). The van der Waals surface area contributed by atoms with Gasteiger partial charge in [-0.05, 0) is 34.8 Å². The Morgan fingerprint density at radius 3 is 2.88 bits per heavy atom. The molecule has 1 N–H and O–H groups in total. The Balaban J connectivity index is 1.97. The van der Waals surface area contributed by atoms with Crippen molar-refractivity contribution < 1.29 is 4.79 Å². The molecule has 1 heterocycles. The quantitative estimate of drug-likeness (QED) is 0.637. The molecule has 1 aliphatic rings. The van der Waals surface area contributed by atoms with E-state index in [0.29, 0.717) is 0 Å². The van der Waals surface area contributed by atoms with Crippen LogP contribution in [-0.2, 0) is 0 Å². The first-order valence-corrected chi connectivity index (χ1v) is 7.96. The lowest BCUT2D eigenvalue weighted by atomic mass is 10.1. The number of carbonyl (C=O) groups excluding carboxylic acids is 1. The van der Waals surface area contributed by atoms with Crippen molar-refractivity contribution in [3.05, 3.63) is 20.8 Å². The number of thiophene rings is 1. The van der Waals surface area contributed by atoms with Crippen LogP contribution in [0.25, 0.3) is 0 Å². The Bertz CT molecular complexity index is 396. The summed E-state index contributed by atoms with van der Waals surface area (Å²) in [4.78, 5) is 12.0. The summed E-state index contributed by atoms with van der Waals surface area (Å²) in [5.74, 6) is -0.00972. The van der Waals surface area contributed by atoms with Crippen molar-refractivity contribution in [2.75, 3.05) is 0 Å². The topological polar surface area (TPSA) is 29.1 Å². The van der Waals surface area contributed by atoms with E-state index in [4.69, 9.17) is 11.6 Å². The van der Waals surface area contributed by atoms with Crippen LogP contribution in [0.4, 0.5) is 0 Å². The van der Waals surface area contributed by atoms with Gasteiger partial charge in [-0.2, -0.15) is 0 Å². The zero-order valence-electron chi connectivity index (χ0n) is 9.42. The fourth-order valence-electron chi connectivity index (χ4n) is 2.11. The van der Waals surface area contributed by atoms with Gasteiger partial charge in [-0.1, -0.05) is 19.3 Å². The van der Waals surface area contributed by atoms with E-state index in [1.54, 1.807) is 0 Å². The van der Waals surface area contributed by atoms with Gasteiger partial charge < -0.3 is 5.32 Å². The summed E-state index contributed by atoms with van der Waals surface area (Å²) in [6.45, 7) is 0. The molecule has 0 bridgehead atoms. The molecule has 2 atom stereocenters. The number of hydrogen-bond acceptors (Lipinski definition) is 2. The van der Waals surface area contributed by atoms with Crippen LogP contribution in [0.3, 0.4) is 0 Å². The summed E-state index contributed by atoms with van der Waals surface area (Å²) < 4.78 is 0.978. The molecule has 0 spiro atoms. The zero-order valence-corrected chi connectivity index (χ0v) is 12.6. The zero-order chi connectivity index (χ0) is 12.3. The molecule has 0 aliphatic heterocycles. The standard InChI is InChI=1S/C12H15BrClNOS/c13-11-6-8(7-17-11)12(16)15-10-5-3-1-2-4-9(10)14/h6-7,9-10H,1-5H2,(H,15,16). The van der Waals surface area contributed by atoms with E-state index in [1.165, 1.54) is 24.2 Å². The molecule has 94 valence electrons. The maximum atomic E-state index is 12.0. The van der Waals surface area contributed by atoms with Gasteiger partial charge in [-0.3, -0.25) is 4.79 Å². The fourth-order valence-corrected chi connectivity index (χ4v) is 3.59. The largest absolute Gasteiger partial charge is 0.348 e. The van der Waals surface area contributed by atoms with E-state index in [1.807, 2.05) is 11.4 Å². The van der Waals surface area contributed by atoms with Crippen LogP contribution in [0.1, 0.15) is 42.5 Å². The van der Waals surface area contributed by atoms with Crippen molar-refractivity contribution in [1.29, 1.82) is 0 Å². The molecule has 1 fully saturated rings. The molecule has 1 aliphatic carbocycles. The van der Waals surface area contributed by atoms with Crippen molar-refractivity contribution in [1.82, 2.24) is 5.32 Å². The Labute approximate surface area is 119 Å². The highest BCUT2D eigenvalue weighted by molar-refractivity contribution is 9.11. The summed E-state index contributed by atoms with van der Waals surface area (Å²) in [6, 6.07) is 1.96. The molecule has 0 radical (unpaired) electrons. The van der Waals surface area contributed by atoms with Crippen molar-refractivity contribution >= 4 is 44.8 Å². The van der Waals surface area contributed by atoms with Crippen LogP contribution in [0.2, 0.25) is 0 Å². The monoisotopic (exact) mass is 335 g/mol. The van der Waals surface area contributed by atoms with Crippen molar-refractivity contribution in [2.24, 2.45) is 0 Å². The second-order valence-corrected chi connectivity index (χ2v) is 7.22. The number of rotatable bonds is 2. The molecule has 0 aromatic carbocycles. The molecule has 1 aromatic heterocycles. The third-order valence-corrected chi connectivity index (χ3v) is 5.10. The number of alkyl halides is 1. The smallest absolute Gasteiger partial charge is 0.252 e. The highest BCUT2D eigenvalue weighted by Crippen LogP contribution is 2.24. The second-order valence-electron chi connectivity index (χ2n) is 4.37. The Kier molecular flexibility index (Phi) is 4.88. The molecule has 17 heavy (non-hydrogen) atoms. The second kappa shape index (κ2) is 6.21. The number of nitrogens with one attached hydrogen (secondary N) is 1. The summed E-state index contributed by atoms with van der Waals surface area (Å²) in [5, 5.41) is 4.99. The highest BCUT2D eigenvalue weighted by atomic mass is 79.9. The van der Waals surface area contributed by atoms with E-state index in [2.05, 4.69) is 21.2 Å². The molecular formula is C12H15BrClNOS. The Morgan fingerprint density at radius 2 is 2.18 bits per heavy atom. The van der Waals surface area contributed by atoms with Gasteiger partial charge in [0.25, 0.3) is 5.91 Å². The first kappa shape index (κ1) is 13.4. The third kappa shape index (κ3) is 3.70. The van der Waals surface area contributed by atoms with E-state index in [0.717, 1.165) is 28.6 Å². The summed E-state index contributed by atoms with van der Waals surface area (Å²) >= 11 is 11.2. The third-order valence-electron chi connectivity index (χ3n) is 3.08. The molecule has 1 amide bonds. The van der Waals surface area contributed by atoms with Gasteiger partial charge in [-0.15, -0.1) is 22.9 Å². The minimum Gasteiger partial charge on any atom is -0.348 e. The van der Waals surface area contributed by atoms with Crippen molar-refractivity contribution in [3.63, 3.8) is 0 Å². The Morgan fingerprint density at radius 1 is 1.41 bits per heavy atom. The maximum absolute atomic E-state index is 12.0. The predicted molar refractivity (Wildman–Crippen MR) is 76.0 cm³/mol. The lowest BCUT2D eigenvalue weighted by Gasteiger charge is -2.20. The maximum Gasteiger partial charge on any atom is 0.252 e. The van der Waals surface area contributed by atoms with Crippen molar-refractivity contribution in [2.45, 2.75) is 43.5 Å². The summed E-state index contributed by atoms with van der Waals surface area (Å²) in [7, 11) is 0. The van der Waals surface area contributed by atoms with E-state index < -0.39 is 0 Å². The molecule has 0 saturated heterocycles. The summed E-state index contributed by atoms with van der Waals surface area (Å²) in [5.41, 5.74) is 0.718. The SMILES string of the molecule is O=C(NC1CCCCCC1Cl)c1csc(Br)c1. The van der Waals surface area contributed by atoms with Crippen molar-refractivity contribution in [3.8, 4) is 0 Å². The molecule has 2 unspecified atom stereocenters. The molecule has 1 aromatic rings. The van der Waals surface area contributed by atoms with Crippen LogP contribution in [-0.4, -0.2) is 17.3 Å². The predicted octanol–water partition coefficient (Wildman–Crippen LogP) is 4.18. The van der Waals surface area contributed by atoms with Gasteiger partial charge in [0, 0.05) is 11.4 Å². The van der Waals surface area contributed by atoms with Crippen LogP contribution in [0.5, 0.6) is 0 Å². The van der Waals surface area contributed by atoms with Gasteiger partial charge in [0.2, 0.25) is 0 Å². The molecular weight excluding hydrogens is 322 g/mol. The average Bonchev–Trinajstić information content (AvgIpc) is 2.63. The summed E-state index contributed by atoms with van der Waals surface area (Å²) in [6.07, 6.45) is 5.54. The first-order valence-electron chi connectivity index (χ1n) is 5.86. The fraction of sp³-hybridized carbons (Fsp3) is 0.583. The van der Waals surface area contributed by atoms with Crippen LogP contribution in [0, 0.1) is 0 Å². The normalized spacial score (nSPS) is 25.3. The number of halogens is 2. The van der Waals surface area contributed by atoms with Gasteiger partial charge in [0.15, 0.2) is 0 Å². The number of hydrogen-bond donors (Lipinski definition) is 1. The number of carbonyl (C=O) groups is 1. The van der Waals surface area contributed by atoms with Gasteiger partial charge in [0.1, 0.15) is 0 Å². The Hall–Kier alpha value is -0.0600. The minimum atomic E-state index is -0.00972. The lowest BCUT2D eigenvalue weighted by Crippen LogP contribution is -2.40. The van der Waals surface area contributed by atoms with Crippen LogP contribution >= 0.6 is 38.9 Å². The van der Waals surface area contributed by atoms with Gasteiger partial charge >= 0.3 is 0 Å². The van der Waals surface area contributed by atoms with E-state index >= 15 is 0 Å². The van der Waals surface area contributed by atoms with Gasteiger partial charge in [0.05, 0.1) is 14.7 Å². The molecule has 5 heteroatoms. The van der Waals surface area contributed by atoms with Crippen LogP contribution in [0.15, 0.2) is 15.2 Å². The van der Waals surface area contributed by atoms with Crippen LogP contribution < -0.4 is 5.32 Å². The number of amides is 1. The van der Waals surface area contributed by atoms with E-state index in [9.17, 15) is 4.79 Å². The molecule has 1 saturated carbocycles. The van der Waals surface area contributed by atoms with Gasteiger partial charge in [-0.25, -0.2) is 0 Å². The highest BCUT2D eigenvalue weighted by Gasteiger charge is 2.23. The first-order chi connectivity index (χ1) is 8.16.